The zero-order valence-electron chi connectivity index (χ0n) is 10.6. The van der Waals surface area contributed by atoms with E-state index in [0.717, 1.165) is 0 Å². The fourth-order valence-electron chi connectivity index (χ4n) is 1.47. The molecule has 1 N–H and O–H groups in total. The molecule has 9 heteroatoms. The zero-order chi connectivity index (χ0) is 15.6. The van der Waals surface area contributed by atoms with Crippen molar-refractivity contribution in [3.8, 4) is 11.5 Å². The van der Waals surface area contributed by atoms with Gasteiger partial charge in [0.1, 0.15) is 11.5 Å². The van der Waals surface area contributed by atoms with E-state index in [4.69, 9.17) is 14.6 Å². The van der Waals surface area contributed by atoms with Gasteiger partial charge in [0.25, 0.3) is 10.0 Å². The van der Waals surface area contributed by atoms with Crippen LogP contribution in [0.25, 0.3) is 0 Å². The van der Waals surface area contributed by atoms with Gasteiger partial charge >= 0.3 is 11.9 Å². The second-order valence-electron chi connectivity index (χ2n) is 3.83. The SMILES string of the molecule is COc1ccc(OC(=O)C2=NS(=O)(=O)C(C(=O)O)=C2)cc1. The molecule has 0 radical (unpaired) electrons. The van der Waals surface area contributed by atoms with Crippen LogP contribution >= 0.6 is 0 Å². The minimum absolute atomic E-state index is 0.137. The largest absolute Gasteiger partial charge is 0.497 e. The standard InChI is InChI=1S/C12H9NO7S/c1-19-7-2-4-8(5-3-7)20-12(16)9-6-10(11(14)15)21(17,18)13-9/h2-6H,1H3,(H,14,15). The molecule has 0 saturated carbocycles. The van der Waals surface area contributed by atoms with Crippen molar-refractivity contribution in [3.05, 3.63) is 35.2 Å². The average Bonchev–Trinajstić information content (AvgIpc) is 2.75. The van der Waals surface area contributed by atoms with E-state index in [9.17, 15) is 18.0 Å². The van der Waals surface area contributed by atoms with Crippen LogP contribution < -0.4 is 9.47 Å². The van der Waals surface area contributed by atoms with Crippen LogP contribution in [0.5, 0.6) is 11.5 Å². The molecule has 0 saturated heterocycles. The predicted molar refractivity (Wildman–Crippen MR) is 70.7 cm³/mol. The van der Waals surface area contributed by atoms with Gasteiger partial charge in [-0.1, -0.05) is 0 Å². The van der Waals surface area contributed by atoms with Crippen molar-refractivity contribution in [1.29, 1.82) is 0 Å². The summed E-state index contributed by atoms with van der Waals surface area (Å²) in [6.45, 7) is 0. The molecule has 21 heavy (non-hydrogen) atoms. The van der Waals surface area contributed by atoms with Crippen molar-refractivity contribution in [2.24, 2.45) is 4.40 Å². The van der Waals surface area contributed by atoms with E-state index in [0.29, 0.717) is 11.8 Å². The maximum absolute atomic E-state index is 11.7. The summed E-state index contributed by atoms with van der Waals surface area (Å²) in [5, 5.41) is 8.71. The Balaban J connectivity index is 2.20. The number of hydrogen-bond acceptors (Lipinski definition) is 6. The first-order chi connectivity index (χ1) is 9.83. The van der Waals surface area contributed by atoms with Crippen molar-refractivity contribution < 1.29 is 32.6 Å². The van der Waals surface area contributed by atoms with Crippen LogP contribution in [-0.2, 0) is 19.6 Å². The third kappa shape index (κ3) is 3.08. The number of carboxylic acid groups (broad SMARTS) is 1. The second kappa shape index (κ2) is 5.37. The number of hydrogen-bond donors (Lipinski definition) is 1. The minimum Gasteiger partial charge on any atom is -0.497 e. The van der Waals surface area contributed by atoms with Crippen molar-refractivity contribution in [2.75, 3.05) is 7.11 Å². The molecule has 0 amide bonds. The fraction of sp³-hybridized carbons (Fsp3) is 0.0833. The Hall–Kier alpha value is -2.68. The molecule has 1 aliphatic heterocycles. The molecule has 1 aromatic rings. The smallest absolute Gasteiger partial charge is 0.363 e. The number of nitrogens with zero attached hydrogens (tertiary/aromatic N) is 1. The van der Waals surface area contributed by atoms with Gasteiger partial charge in [-0.3, -0.25) is 0 Å². The van der Waals surface area contributed by atoms with Crippen LogP contribution in [0.1, 0.15) is 0 Å². The van der Waals surface area contributed by atoms with Gasteiger partial charge < -0.3 is 14.6 Å². The zero-order valence-corrected chi connectivity index (χ0v) is 11.5. The van der Waals surface area contributed by atoms with E-state index in [1.807, 2.05) is 0 Å². The summed E-state index contributed by atoms with van der Waals surface area (Å²) < 4.78 is 35.7. The maximum atomic E-state index is 11.7. The highest BCUT2D eigenvalue weighted by atomic mass is 32.2. The number of carbonyl (C=O) groups excluding carboxylic acids is 1. The topological polar surface area (TPSA) is 119 Å². The Labute approximate surface area is 119 Å². The summed E-state index contributed by atoms with van der Waals surface area (Å²) in [5.41, 5.74) is -0.594. The second-order valence-corrected chi connectivity index (χ2v) is 5.40. The Kier molecular flexibility index (Phi) is 3.76. The van der Waals surface area contributed by atoms with E-state index in [2.05, 4.69) is 4.40 Å². The van der Waals surface area contributed by atoms with Crippen molar-refractivity contribution >= 4 is 27.7 Å². The van der Waals surface area contributed by atoms with Crippen LogP contribution in [0.2, 0.25) is 0 Å². The number of methoxy groups -OCH3 is 1. The van der Waals surface area contributed by atoms with Gasteiger partial charge in [-0.2, -0.15) is 12.8 Å². The number of ether oxygens (including phenoxy) is 2. The number of carboxylic acids is 1. The van der Waals surface area contributed by atoms with Crippen LogP contribution in [0.4, 0.5) is 0 Å². The molecular formula is C12H9NO7S. The highest BCUT2D eigenvalue weighted by Crippen LogP contribution is 2.20. The molecule has 1 aromatic carbocycles. The summed E-state index contributed by atoms with van der Waals surface area (Å²) in [5.74, 6) is -2.08. The monoisotopic (exact) mass is 311 g/mol. The molecule has 0 spiro atoms. The first-order valence-corrected chi connectivity index (χ1v) is 6.93. The third-order valence-electron chi connectivity index (χ3n) is 2.45. The van der Waals surface area contributed by atoms with Gasteiger partial charge in [-0.05, 0) is 24.3 Å². The molecule has 110 valence electrons. The highest BCUT2D eigenvalue weighted by molar-refractivity contribution is 7.95. The maximum Gasteiger partial charge on any atom is 0.363 e. The molecule has 0 atom stereocenters. The van der Waals surface area contributed by atoms with E-state index in [-0.39, 0.29) is 5.75 Å². The minimum atomic E-state index is -4.35. The summed E-state index contributed by atoms with van der Waals surface area (Å²) >= 11 is 0. The quantitative estimate of drug-likeness (QED) is 0.629. The predicted octanol–water partition coefficient (Wildman–Crippen LogP) is 0.353. The number of esters is 1. The average molecular weight is 311 g/mol. The Morgan fingerprint density at radius 1 is 1.14 bits per heavy atom. The summed E-state index contributed by atoms with van der Waals surface area (Å²) in [6, 6.07) is 5.94. The third-order valence-corrected chi connectivity index (χ3v) is 3.74. The van der Waals surface area contributed by atoms with E-state index < -0.39 is 32.6 Å². The summed E-state index contributed by atoms with van der Waals surface area (Å²) in [4.78, 5) is 21.5. The van der Waals surface area contributed by atoms with Crippen molar-refractivity contribution in [2.45, 2.75) is 0 Å². The summed E-state index contributed by atoms with van der Waals surface area (Å²) in [7, 11) is -2.89. The van der Waals surface area contributed by atoms with Crippen molar-refractivity contribution in [1.82, 2.24) is 0 Å². The first kappa shape index (κ1) is 14.7. The molecule has 1 aliphatic rings. The van der Waals surface area contributed by atoms with Crippen LogP contribution in [0.3, 0.4) is 0 Å². The van der Waals surface area contributed by atoms with E-state index in [1.54, 1.807) is 0 Å². The van der Waals surface area contributed by atoms with Gasteiger partial charge in [-0.15, -0.1) is 0 Å². The van der Waals surface area contributed by atoms with Crippen LogP contribution in [0.15, 0.2) is 39.6 Å². The molecule has 2 rings (SSSR count). The van der Waals surface area contributed by atoms with Gasteiger partial charge in [-0.25, -0.2) is 9.59 Å². The Morgan fingerprint density at radius 3 is 2.19 bits per heavy atom. The van der Waals surface area contributed by atoms with Crippen LogP contribution in [-0.4, -0.2) is 38.3 Å². The van der Waals surface area contributed by atoms with Gasteiger partial charge in [0.15, 0.2) is 10.6 Å². The van der Waals surface area contributed by atoms with E-state index >= 15 is 0 Å². The Bertz CT molecular complexity index is 759. The van der Waals surface area contributed by atoms with Gasteiger partial charge in [0.05, 0.1) is 7.11 Å². The first-order valence-electron chi connectivity index (χ1n) is 5.49. The molecule has 0 aliphatic carbocycles. The molecule has 0 fully saturated rings. The summed E-state index contributed by atoms with van der Waals surface area (Å²) in [6.07, 6.45) is 0.656. The molecule has 8 nitrogen and oxygen atoms in total. The number of benzene rings is 1. The van der Waals surface area contributed by atoms with Gasteiger partial charge in [0.2, 0.25) is 0 Å². The number of aliphatic carboxylic acids is 1. The lowest BCUT2D eigenvalue weighted by atomic mass is 10.3. The molecular weight excluding hydrogens is 302 g/mol. The molecule has 0 unspecified atom stereocenters. The molecule has 0 bridgehead atoms. The van der Waals surface area contributed by atoms with E-state index in [1.165, 1.54) is 31.4 Å². The van der Waals surface area contributed by atoms with Crippen LogP contribution in [0, 0.1) is 0 Å². The lowest BCUT2D eigenvalue weighted by molar-refractivity contribution is -0.131. The van der Waals surface area contributed by atoms with Crippen molar-refractivity contribution in [3.63, 3.8) is 0 Å². The number of carbonyl (C=O) groups is 2. The Morgan fingerprint density at radius 2 is 1.71 bits per heavy atom. The highest BCUT2D eigenvalue weighted by Gasteiger charge is 2.33. The lowest BCUT2D eigenvalue weighted by Crippen LogP contribution is -2.17. The lowest BCUT2D eigenvalue weighted by Gasteiger charge is -2.03. The number of sulfonamides is 1. The normalized spacial score (nSPS) is 15.9. The molecule has 1 heterocycles. The number of rotatable bonds is 4. The fourth-order valence-corrected chi connectivity index (χ4v) is 2.44. The molecule has 0 aromatic heterocycles. The van der Waals surface area contributed by atoms with Gasteiger partial charge in [0, 0.05) is 6.08 Å².